The van der Waals surface area contributed by atoms with E-state index in [0.29, 0.717) is 25.9 Å². The van der Waals surface area contributed by atoms with E-state index < -0.39 is 12.1 Å². The Morgan fingerprint density at radius 2 is 0.649 bits per heavy atom. The number of esters is 1. The van der Waals surface area contributed by atoms with Crippen LogP contribution in [0.5, 0.6) is 0 Å². The molecule has 454 valence electrons. The van der Waals surface area contributed by atoms with Crippen LogP contribution in [0, 0.1) is 0 Å². The summed E-state index contributed by atoms with van der Waals surface area (Å²) in [6, 6.07) is -0.543. The average Bonchev–Trinajstić information content (AvgIpc) is 3.43. The van der Waals surface area contributed by atoms with Crippen LogP contribution in [-0.2, 0) is 14.3 Å². The van der Waals surface area contributed by atoms with Crippen LogP contribution in [0.2, 0.25) is 0 Å². The van der Waals surface area contributed by atoms with Crippen LogP contribution in [0.1, 0.15) is 380 Å². The van der Waals surface area contributed by atoms with Gasteiger partial charge in [0.15, 0.2) is 0 Å². The van der Waals surface area contributed by atoms with Crippen molar-refractivity contribution in [2.75, 3.05) is 13.2 Å². The number of allylic oxidation sites excluding steroid dienone is 6. The van der Waals surface area contributed by atoms with Crippen molar-refractivity contribution < 1.29 is 24.5 Å². The van der Waals surface area contributed by atoms with Crippen LogP contribution in [0.25, 0.3) is 0 Å². The minimum absolute atomic E-state index is 0.00443. The summed E-state index contributed by atoms with van der Waals surface area (Å²) in [7, 11) is 0. The summed E-state index contributed by atoms with van der Waals surface area (Å²) in [5.74, 6) is -0.0290. The maximum Gasteiger partial charge on any atom is 0.305 e. The molecule has 2 atom stereocenters. The van der Waals surface area contributed by atoms with Gasteiger partial charge in [-0.3, -0.25) is 9.59 Å². The molecular formula is C71H135NO5. The standard InChI is InChI=1S/C71H135NO5/c1-3-5-7-9-11-13-15-17-19-36-39-43-47-51-55-59-63-69(74)68(67-73)72-70(75)64-60-56-52-48-44-40-37-33-31-29-27-25-23-21-20-22-24-26-28-30-32-34-38-42-46-50-54-58-62-66-77-71(76)65-61-57-53-49-45-41-35-18-16-14-12-10-8-6-4-2/h18,20,22,26,28,35,68-69,73-74H,3-17,19,21,23-25,27,29-34,36-67H2,1-2H3,(H,72,75)/b22-20-,28-26-,35-18-. The van der Waals surface area contributed by atoms with Gasteiger partial charge in [-0.1, -0.05) is 320 Å². The van der Waals surface area contributed by atoms with E-state index in [4.69, 9.17) is 4.74 Å². The number of carbonyl (C=O) groups is 2. The lowest BCUT2D eigenvalue weighted by atomic mass is 10.0. The number of hydrogen-bond acceptors (Lipinski definition) is 5. The molecule has 0 aliphatic rings. The largest absolute Gasteiger partial charge is 0.466 e. The lowest BCUT2D eigenvalue weighted by Crippen LogP contribution is -2.45. The molecule has 0 aliphatic heterocycles. The molecule has 0 rings (SSSR count). The quantitative estimate of drug-likeness (QED) is 0.0320. The average molecular weight is 1080 g/mol. The number of ether oxygens (including phenoxy) is 1. The third kappa shape index (κ3) is 63.1. The monoisotopic (exact) mass is 1080 g/mol. The van der Waals surface area contributed by atoms with Crippen molar-refractivity contribution in [1.29, 1.82) is 0 Å². The Labute approximate surface area is 481 Å². The maximum absolute atomic E-state index is 12.5. The van der Waals surface area contributed by atoms with Crippen LogP contribution in [-0.4, -0.2) is 47.4 Å². The van der Waals surface area contributed by atoms with Crippen molar-refractivity contribution in [2.45, 2.75) is 392 Å². The number of unbranched alkanes of at least 4 members (excludes halogenated alkanes) is 48. The third-order valence-electron chi connectivity index (χ3n) is 16.2. The van der Waals surface area contributed by atoms with E-state index in [1.165, 1.54) is 295 Å². The molecule has 2 unspecified atom stereocenters. The normalized spacial score (nSPS) is 12.7. The molecule has 0 spiro atoms. The van der Waals surface area contributed by atoms with Gasteiger partial charge in [-0.05, 0) is 83.5 Å². The summed E-state index contributed by atoms with van der Waals surface area (Å²) in [6.45, 7) is 4.97. The molecule has 0 saturated heterocycles. The number of carbonyl (C=O) groups excluding carboxylic acids is 2. The molecule has 1 amide bonds. The highest BCUT2D eigenvalue weighted by molar-refractivity contribution is 5.76. The van der Waals surface area contributed by atoms with E-state index in [-0.39, 0.29) is 18.5 Å². The smallest absolute Gasteiger partial charge is 0.305 e. The lowest BCUT2D eigenvalue weighted by Gasteiger charge is -2.22. The Hall–Kier alpha value is -1.92. The molecule has 6 heteroatoms. The first-order valence-electron chi connectivity index (χ1n) is 34.7. The van der Waals surface area contributed by atoms with Gasteiger partial charge in [0.2, 0.25) is 5.91 Å². The molecular weight excluding hydrogens is 947 g/mol. The molecule has 0 aromatic carbocycles. The molecule has 0 fully saturated rings. The second kappa shape index (κ2) is 66.6. The molecule has 0 heterocycles. The molecule has 3 N–H and O–H groups in total. The maximum atomic E-state index is 12.5. The van der Waals surface area contributed by atoms with Crippen molar-refractivity contribution in [1.82, 2.24) is 5.32 Å². The first kappa shape index (κ1) is 75.1. The summed E-state index contributed by atoms with van der Waals surface area (Å²) in [5, 5.41) is 23.3. The summed E-state index contributed by atoms with van der Waals surface area (Å²) in [4.78, 5) is 24.6. The Kier molecular flexibility index (Phi) is 64.9. The van der Waals surface area contributed by atoms with Crippen LogP contribution >= 0.6 is 0 Å². The predicted octanol–water partition coefficient (Wildman–Crippen LogP) is 22.3. The van der Waals surface area contributed by atoms with Gasteiger partial charge in [0.25, 0.3) is 0 Å². The SMILES string of the molecule is CCCCCCCC/C=C\CCCCCCCC(=O)OCCCCCCCCCCC/C=C\C/C=C\CCCCCCCCCCCCCCCC(=O)NC(CO)C(O)CCCCCCCCCCCCCCCCCC. The second-order valence-corrected chi connectivity index (χ2v) is 23.9. The van der Waals surface area contributed by atoms with Crippen LogP contribution < -0.4 is 5.32 Å². The Morgan fingerprint density at radius 3 is 1.00 bits per heavy atom. The van der Waals surface area contributed by atoms with Gasteiger partial charge in [-0.2, -0.15) is 0 Å². The summed E-state index contributed by atoms with van der Waals surface area (Å²) in [6.07, 6.45) is 84.7. The van der Waals surface area contributed by atoms with Crippen molar-refractivity contribution in [3.05, 3.63) is 36.5 Å². The minimum atomic E-state index is -0.665. The van der Waals surface area contributed by atoms with E-state index in [1.807, 2.05) is 0 Å². The van der Waals surface area contributed by atoms with Crippen molar-refractivity contribution in [3.8, 4) is 0 Å². The van der Waals surface area contributed by atoms with Gasteiger partial charge in [-0.15, -0.1) is 0 Å². The van der Waals surface area contributed by atoms with E-state index in [2.05, 4.69) is 55.6 Å². The molecule has 0 aliphatic carbocycles. The van der Waals surface area contributed by atoms with Crippen LogP contribution in [0.4, 0.5) is 0 Å². The fraction of sp³-hybridized carbons (Fsp3) is 0.887. The molecule has 0 saturated carbocycles. The minimum Gasteiger partial charge on any atom is -0.466 e. The molecule has 0 bridgehead atoms. The number of nitrogens with one attached hydrogen (secondary N) is 1. The third-order valence-corrected chi connectivity index (χ3v) is 16.2. The zero-order valence-corrected chi connectivity index (χ0v) is 52.0. The molecule has 6 nitrogen and oxygen atoms in total. The number of rotatable bonds is 65. The van der Waals surface area contributed by atoms with E-state index in [9.17, 15) is 19.8 Å². The zero-order valence-electron chi connectivity index (χ0n) is 52.0. The van der Waals surface area contributed by atoms with Crippen molar-refractivity contribution in [2.24, 2.45) is 0 Å². The fourth-order valence-electron chi connectivity index (χ4n) is 10.8. The van der Waals surface area contributed by atoms with Crippen LogP contribution in [0.3, 0.4) is 0 Å². The predicted molar refractivity (Wildman–Crippen MR) is 338 cm³/mol. The molecule has 0 aromatic heterocycles. The van der Waals surface area contributed by atoms with Gasteiger partial charge in [0.05, 0.1) is 25.4 Å². The summed E-state index contributed by atoms with van der Waals surface area (Å²) < 4.78 is 5.48. The van der Waals surface area contributed by atoms with Gasteiger partial charge in [-0.25, -0.2) is 0 Å². The topological polar surface area (TPSA) is 95.9 Å². The molecule has 0 radical (unpaired) electrons. The van der Waals surface area contributed by atoms with E-state index in [1.54, 1.807) is 0 Å². The number of hydrogen-bond donors (Lipinski definition) is 3. The van der Waals surface area contributed by atoms with E-state index >= 15 is 0 Å². The molecule has 0 aromatic rings. The first-order valence-corrected chi connectivity index (χ1v) is 34.7. The van der Waals surface area contributed by atoms with Crippen LogP contribution in [0.15, 0.2) is 36.5 Å². The zero-order chi connectivity index (χ0) is 55.7. The van der Waals surface area contributed by atoms with Gasteiger partial charge in [0, 0.05) is 12.8 Å². The van der Waals surface area contributed by atoms with Gasteiger partial charge < -0.3 is 20.3 Å². The number of aliphatic hydroxyl groups excluding tert-OH is 2. The fourth-order valence-corrected chi connectivity index (χ4v) is 10.8. The Balaban J connectivity index is 3.40. The second-order valence-electron chi connectivity index (χ2n) is 23.9. The Morgan fingerprint density at radius 1 is 0.364 bits per heavy atom. The first-order chi connectivity index (χ1) is 38.0. The highest BCUT2D eigenvalue weighted by Gasteiger charge is 2.20. The van der Waals surface area contributed by atoms with Crippen molar-refractivity contribution in [3.63, 3.8) is 0 Å². The number of aliphatic hydroxyl groups is 2. The van der Waals surface area contributed by atoms with Gasteiger partial charge in [0.1, 0.15) is 0 Å². The lowest BCUT2D eigenvalue weighted by molar-refractivity contribution is -0.143. The highest BCUT2D eigenvalue weighted by Crippen LogP contribution is 2.18. The number of amides is 1. The summed E-state index contributed by atoms with van der Waals surface area (Å²) in [5.41, 5.74) is 0. The molecule has 77 heavy (non-hydrogen) atoms. The van der Waals surface area contributed by atoms with Gasteiger partial charge >= 0.3 is 5.97 Å². The highest BCUT2D eigenvalue weighted by atomic mass is 16.5. The van der Waals surface area contributed by atoms with E-state index in [0.717, 1.165) is 51.4 Å². The summed E-state index contributed by atoms with van der Waals surface area (Å²) >= 11 is 0. The van der Waals surface area contributed by atoms with Crippen molar-refractivity contribution >= 4 is 11.9 Å². The Bertz CT molecular complexity index is 1250.